The minimum Gasteiger partial charge on any atom is -0.457 e. The first kappa shape index (κ1) is 30.3. The van der Waals surface area contributed by atoms with Crippen molar-refractivity contribution in [3.63, 3.8) is 0 Å². The molecule has 6 heteroatoms. The quantitative estimate of drug-likeness (QED) is 0.183. The fraction of sp³-hybridized carbons (Fsp3) is 0.0208. The van der Waals surface area contributed by atoms with Gasteiger partial charge in [0.1, 0.15) is 11.5 Å². The molecule has 1 aliphatic heterocycles. The van der Waals surface area contributed by atoms with E-state index in [1.165, 1.54) is 11.1 Å². The number of nitrogens with zero attached hydrogens (tertiary/aromatic N) is 5. The van der Waals surface area contributed by atoms with Gasteiger partial charge in [-0.05, 0) is 58.7 Å². The van der Waals surface area contributed by atoms with Crippen molar-refractivity contribution >= 4 is 11.0 Å². The Balaban J connectivity index is 1.18. The van der Waals surface area contributed by atoms with Crippen LogP contribution in [-0.2, 0) is 5.41 Å². The molecule has 54 heavy (non-hydrogen) atoms. The molecule has 0 fully saturated rings. The van der Waals surface area contributed by atoms with Crippen LogP contribution in [0.3, 0.4) is 0 Å². The first-order valence-electron chi connectivity index (χ1n) is 18.0. The van der Waals surface area contributed by atoms with Crippen LogP contribution < -0.4 is 4.74 Å². The maximum absolute atomic E-state index is 6.59. The Bertz CT molecular complexity index is 2820. The molecule has 7 aromatic carbocycles. The molecule has 0 N–H and O–H groups in total. The lowest BCUT2D eigenvalue weighted by Gasteiger charge is -2.39. The third kappa shape index (κ3) is 4.57. The van der Waals surface area contributed by atoms with Gasteiger partial charge in [0.2, 0.25) is 0 Å². The van der Waals surface area contributed by atoms with Gasteiger partial charge in [-0.1, -0.05) is 133 Å². The summed E-state index contributed by atoms with van der Waals surface area (Å²) in [6, 6.07) is 58.4. The maximum Gasteiger partial charge on any atom is 0.164 e. The molecule has 2 aliphatic rings. The number of para-hydroxylation sites is 4. The van der Waals surface area contributed by atoms with Gasteiger partial charge in [-0.2, -0.15) is 0 Å². The molecule has 0 saturated heterocycles. The number of benzene rings is 7. The SMILES string of the molecule is c1ccc(-c2nc(-c3ccccc3)nc(-c3ccc4c(c3)-c3cc(-c5cnc6ccccc6n5)ccc3C43c4ccccc4Oc4ccccc43)n2)cc1. The predicted octanol–water partition coefficient (Wildman–Crippen LogP) is 11.0. The van der Waals surface area contributed by atoms with Crippen LogP contribution in [0.5, 0.6) is 11.5 Å². The zero-order valence-corrected chi connectivity index (χ0v) is 28.9. The highest BCUT2D eigenvalue weighted by Gasteiger charge is 2.51. The van der Waals surface area contributed by atoms with Gasteiger partial charge in [0.05, 0.1) is 28.3 Å². The summed E-state index contributed by atoms with van der Waals surface area (Å²) in [5.74, 6) is 3.56. The number of rotatable bonds is 4. The number of ether oxygens (including phenoxy) is 1. The molecule has 9 aromatic rings. The van der Waals surface area contributed by atoms with E-state index in [9.17, 15) is 0 Å². The van der Waals surface area contributed by atoms with Crippen LogP contribution in [0, 0.1) is 0 Å². The topological polar surface area (TPSA) is 73.7 Å². The van der Waals surface area contributed by atoms with Crippen molar-refractivity contribution in [1.29, 1.82) is 0 Å². The Labute approximate surface area is 311 Å². The fourth-order valence-corrected chi connectivity index (χ4v) is 8.24. The third-order valence-electron chi connectivity index (χ3n) is 10.6. The van der Waals surface area contributed by atoms with E-state index in [2.05, 4.69) is 72.8 Å². The second-order valence-corrected chi connectivity index (χ2v) is 13.6. The molecule has 6 nitrogen and oxygen atoms in total. The van der Waals surface area contributed by atoms with Crippen molar-refractivity contribution < 1.29 is 4.74 Å². The third-order valence-corrected chi connectivity index (χ3v) is 10.6. The van der Waals surface area contributed by atoms with Crippen molar-refractivity contribution in [3.8, 4) is 68.0 Å². The van der Waals surface area contributed by atoms with Gasteiger partial charge in [0.25, 0.3) is 0 Å². The summed E-state index contributed by atoms with van der Waals surface area (Å²) < 4.78 is 6.59. The highest BCUT2D eigenvalue weighted by molar-refractivity contribution is 5.92. The van der Waals surface area contributed by atoms with Crippen LogP contribution in [0.15, 0.2) is 176 Å². The minimum absolute atomic E-state index is 0.609. The van der Waals surface area contributed by atoms with Gasteiger partial charge >= 0.3 is 0 Å². The van der Waals surface area contributed by atoms with Crippen molar-refractivity contribution in [1.82, 2.24) is 24.9 Å². The smallest absolute Gasteiger partial charge is 0.164 e. The van der Waals surface area contributed by atoms with E-state index in [1.54, 1.807) is 0 Å². The highest BCUT2D eigenvalue weighted by Crippen LogP contribution is 2.62. The molecular formula is C48H29N5O. The molecule has 0 amide bonds. The molecule has 0 bridgehead atoms. The van der Waals surface area contributed by atoms with Gasteiger partial charge in [-0.3, -0.25) is 4.98 Å². The van der Waals surface area contributed by atoms with Crippen molar-refractivity contribution in [2.45, 2.75) is 5.41 Å². The van der Waals surface area contributed by atoms with E-state index < -0.39 is 5.41 Å². The number of fused-ring (bicyclic) bond motifs is 10. The van der Waals surface area contributed by atoms with Crippen molar-refractivity contribution in [2.24, 2.45) is 0 Å². The van der Waals surface area contributed by atoms with E-state index in [0.29, 0.717) is 17.5 Å². The lowest BCUT2D eigenvalue weighted by molar-refractivity contribution is 0.436. The van der Waals surface area contributed by atoms with Crippen LogP contribution in [0.4, 0.5) is 0 Å². The van der Waals surface area contributed by atoms with E-state index in [1.807, 2.05) is 103 Å². The van der Waals surface area contributed by atoms with Crippen LogP contribution >= 0.6 is 0 Å². The Morgan fingerprint density at radius 3 is 1.46 bits per heavy atom. The lowest BCUT2D eigenvalue weighted by atomic mass is 9.66. The van der Waals surface area contributed by atoms with Gasteiger partial charge in [-0.25, -0.2) is 19.9 Å². The molecule has 1 spiro atoms. The number of hydrogen-bond acceptors (Lipinski definition) is 6. The normalized spacial score (nSPS) is 13.1. The molecule has 0 atom stereocenters. The molecule has 0 unspecified atom stereocenters. The van der Waals surface area contributed by atoms with Gasteiger partial charge in [0, 0.05) is 33.4 Å². The molecule has 252 valence electrons. The zero-order valence-electron chi connectivity index (χ0n) is 28.9. The highest BCUT2D eigenvalue weighted by atomic mass is 16.5. The molecule has 3 heterocycles. The van der Waals surface area contributed by atoms with Gasteiger partial charge < -0.3 is 4.74 Å². The van der Waals surface area contributed by atoms with Crippen LogP contribution in [-0.4, -0.2) is 24.9 Å². The zero-order chi connectivity index (χ0) is 35.6. The van der Waals surface area contributed by atoms with Crippen molar-refractivity contribution in [2.75, 3.05) is 0 Å². The van der Waals surface area contributed by atoms with E-state index in [0.717, 1.165) is 72.7 Å². The Hall–Kier alpha value is -7.31. The predicted molar refractivity (Wildman–Crippen MR) is 212 cm³/mol. The fourth-order valence-electron chi connectivity index (χ4n) is 8.24. The van der Waals surface area contributed by atoms with Crippen LogP contribution in [0.25, 0.3) is 67.6 Å². The molecule has 0 saturated carbocycles. The average Bonchev–Trinajstić information content (AvgIpc) is 3.53. The van der Waals surface area contributed by atoms with Crippen molar-refractivity contribution in [3.05, 3.63) is 198 Å². The maximum atomic E-state index is 6.59. The average molecular weight is 692 g/mol. The Kier molecular flexibility index (Phi) is 6.67. The monoisotopic (exact) mass is 691 g/mol. The van der Waals surface area contributed by atoms with Crippen LogP contribution in [0.2, 0.25) is 0 Å². The summed E-state index contributed by atoms with van der Waals surface area (Å²) in [4.78, 5) is 24.9. The number of hydrogen-bond donors (Lipinski definition) is 0. The van der Waals surface area contributed by atoms with Crippen LogP contribution in [0.1, 0.15) is 22.3 Å². The summed E-state index contributed by atoms with van der Waals surface area (Å²) in [5, 5.41) is 0. The molecule has 0 radical (unpaired) electrons. The summed E-state index contributed by atoms with van der Waals surface area (Å²) in [7, 11) is 0. The first-order valence-corrected chi connectivity index (χ1v) is 18.0. The minimum atomic E-state index is -0.619. The molecule has 2 aromatic heterocycles. The second kappa shape index (κ2) is 11.9. The number of aromatic nitrogens is 5. The van der Waals surface area contributed by atoms with E-state index >= 15 is 0 Å². The standard InChI is InChI=1S/C48H29N5O/c1-3-13-30(14-4-1)45-51-46(31-15-5-2-6-16-31)53-47(52-45)33-24-26-37-35(28-33)34-27-32(42-29-49-40-19-9-10-20-41(40)50-42)23-25-36(34)48(37)38-17-7-11-21-43(38)54-44-22-12-8-18-39(44)48/h1-29H. The van der Waals surface area contributed by atoms with Gasteiger partial charge in [0.15, 0.2) is 17.5 Å². The second-order valence-electron chi connectivity index (χ2n) is 13.6. The van der Waals surface area contributed by atoms with E-state index in [4.69, 9.17) is 29.7 Å². The molecular weight excluding hydrogens is 663 g/mol. The summed E-state index contributed by atoms with van der Waals surface area (Å²) >= 11 is 0. The summed E-state index contributed by atoms with van der Waals surface area (Å²) in [5.41, 5.74) is 12.5. The largest absolute Gasteiger partial charge is 0.457 e. The van der Waals surface area contributed by atoms with E-state index in [-0.39, 0.29) is 0 Å². The molecule has 11 rings (SSSR count). The Morgan fingerprint density at radius 2 is 0.852 bits per heavy atom. The first-order chi connectivity index (χ1) is 26.7. The summed E-state index contributed by atoms with van der Waals surface area (Å²) in [6.45, 7) is 0. The van der Waals surface area contributed by atoms with Gasteiger partial charge in [-0.15, -0.1) is 0 Å². The molecule has 1 aliphatic carbocycles. The lowest BCUT2D eigenvalue weighted by Crippen LogP contribution is -2.32. The summed E-state index contributed by atoms with van der Waals surface area (Å²) in [6.07, 6.45) is 1.87. The Morgan fingerprint density at radius 1 is 0.370 bits per heavy atom.